The summed E-state index contributed by atoms with van der Waals surface area (Å²) in [4.78, 5) is 20.2. The summed E-state index contributed by atoms with van der Waals surface area (Å²) in [5.74, 6) is -1.11. The van der Waals surface area contributed by atoms with E-state index in [4.69, 9.17) is 2.74 Å². The second-order valence-corrected chi connectivity index (χ2v) is 3.56. The summed E-state index contributed by atoms with van der Waals surface area (Å²) < 4.78 is 14.6. The van der Waals surface area contributed by atoms with E-state index in [2.05, 4.69) is 9.78 Å². The van der Waals surface area contributed by atoms with Crippen molar-refractivity contribution in [3.63, 3.8) is 0 Å². The molecule has 0 heterocycles. The maximum absolute atomic E-state index is 11.2. The Bertz CT molecular complexity index is 223. The van der Waals surface area contributed by atoms with Crippen molar-refractivity contribution in [2.24, 2.45) is 0 Å². The van der Waals surface area contributed by atoms with Gasteiger partial charge >= 0.3 is 5.97 Å². The van der Waals surface area contributed by atoms with Crippen LogP contribution in [0.15, 0.2) is 0 Å². The fourth-order valence-electron chi connectivity index (χ4n) is 0.488. The first-order chi connectivity index (χ1) is 6.60. The molecule has 0 amide bonds. The maximum atomic E-state index is 11.2. The van der Waals surface area contributed by atoms with E-state index in [1.807, 2.05) is 0 Å². The molecule has 4 heteroatoms. The highest BCUT2D eigenvalue weighted by molar-refractivity contribution is 5.73. The lowest BCUT2D eigenvalue weighted by atomic mass is 10.2. The van der Waals surface area contributed by atoms with Gasteiger partial charge in [0.15, 0.2) is 6.10 Å². The highest BCUT2D eigenvalue weighted by atomic mass is 17.2. The van der Waals surface area contributed by atoms with Crippen molar-refractivity contribution in [2.75, 3.05) is 0 Å². The topological polar surface area (TPSA) is 55.8 Å². The average Bonchev–Trinajstić information content (AvgIpc) is 2.11. The van der Waals surface area contributed by atoms with Crippen LogP contribution in [0, 0.1) is 0 Å². The number of aliphatic hydroxyl groups excluding tert-OH is 1. The first kappa shape index (κ1) is 8.97. The number of hydrogen-bond acceptors (Lipinski definition) is 4. The molecule has 0 aliphatic carbocycles. The monoisotopic (exact) mass is 192 g/mol. The van der Waals surface area contributed by atoms with Crippen LogP contribution in [0.4, 0.5) is 0 Å². The van der Waals surface area contributed by atoms with E-state index in [9.17, 15) is 9.90 Å². The first-order valence-corrected chi connectivity index (χ1v) is 4.18. The van der Waals surface area contributed by atoms with Crippen LogP contribution in [-0.2, 0) is 14.6 Å². The van der Waals surface area contributed by atoms with Crippen molar-refractivity contribution < 1.29 is 22.4 Å². The van der Waals surface area contributed by atoms with Gasteiger partial charge in [0.05, 0.1) is 0 Å². The van der Waals surface area contributed by atoms with E-state index < -0.39 is 24.0 Å². The lowest BCUT2D eigenvalue weighted by Gasteiger charge is -2.17. The third kappa shape index (κ3) is 6.54. The molecule has 0 saturated heterocycles. The molecule has 0 bridgehead atoms. The molecule has 0 aromatic heterocycles. The van der Waals surface area contributed by atoms with Gasteiger partial charge in [0.1, 0.15) is 5.60 Å². The smallest absolute Gasteiger partial charge is 0.370 e. The summed E-state index contributed by atoms with van der Waals surface area (Å²) in [7, 11) is 0. The predicted molar refractivity (Wildman–Crippen MR) is 47.8 cm³/mol. The quantitative estimate of drug-likeness (QED) is 0.540. The zero-order chi connectivity index (χ0) is 12.3. The summed E-state index contributed by atoms with van der Waals surface area (Å²) in [6.07, 6.45) is -3.82. The highest BCUT2D eigenvalue weighted by Gasteiger charge is 2.20. The van der Waals surface area contributed by atoms with Crippen molar-refractivity contribution in [2.45, 2.75) is 52.2 Å². The van der Waals surface area contributed by atoms with Gasteiger partial charge in [-0.2, -0.15) is 4.89 Å². The molecule has 0 spiro atoms. The lowest BCUT2D eigenvalue weighted by Crippen LogP contribution is -2.28. The summed E-state index contributed by atoms with van der Waals surface area (Å²) >= 11 is 0. The SMILES string of the molecule is [2H]C([2H])(CC)C(O)C(=O)OOC(C)(C)C. The number of carbonyl (C=O) groups is 1. The minimum absolute atomic E-state index is 0.0127. The Labute approximate surface area is 81.6 Å². The van der Waals surface area contributed by atoms with E-state index in [0.717, 1.165) is 0 Å². The van der Waals surface area contributed by atoms with E-state index >= 15 is 0 Å². The zero-order valence-electron chi connectivity index (χ0n) is 10.5. The fraction of sp³-hybridized carbons (Fsp3) is 0.889. The average molecular weight is 192 g/mol. The predicted octanol–water partition coefficient (Wildman–Crippen LogP) is 1.42. The van der Waals surface area contributed by atoms with Gasteiger partial charge in [0, 0.05) is 2.74 Å². The molecular formula is C9H18O4. The molecular weight excluding hydrogens is 172 g/mol. The minimum atomic E-state index is -2.00. The summed E-state index contributed by atoms with van der Waals surface area (Å²) in [6, 6.07) is 0. The molecule has 1 unspecified atom stereocenters. The van der Waals surface area contributed by atoms with Crippen molar-refractivity contribution in [1.29, 1.82) is 0 Å². The molecule has 1 N–H and O–H groups in total. The standard InChI is InChI=1S/C9H18O4/c1-5-6-7(10)8(11)12-13-9(2,3)4/h7,10H,5-6H2,1-4H3/i6D2. The Morgan fingerprint density at radius 2 is 2.15 bits per heavy atom. The molecule has 1 atom stereocenters. The van der Waals surface area contributed by atoms with Crippen LogP contribution < -0.4 is 0 Å². The molecule has 0 radical (unpaired) electrons. The lowest BCUT2D eigenvalue weighted by molar-refractivity contribution is -0.324. The van der Waals surface area contributed by atoms with Crippen LogP contribution in [0.2, 0.25) is 0 Å². The van der Waals surface area contributed by atoms with Crippen LogP contribution in [0.1, 0.15) is 43.2 Å². The van der Waals surface area contributed by atoms with E-state index in [-0.39, 0.29) is 6.42 Å². The van der Waals surface area contributed by atoms with Crippen molar-refractivity contribution >= 4 is 5.97 Å². The first-order valence-electron chi connectivity index (χ1n) is 5.18. The van der Waals surface area contributed by atoms with Crippen LogP contribution in [0.3, 0.4) is 0 Å². The Morgan fingerprint density at radius 3 is 2.54 bits per heavy atom. The van der Waals surface area contributed by atoms with Gasteiger partial charge in [-0.05, 0) is 27.1 Å². The van der Waals surface area contributed by atoms with E-state index in [1.165, 1.54) is 6.92 Å². The molecule has 13 heavy (non-hydrogen) atoms. The Balaban J connectivity index is 4.23. The fourth-order valence-corrected chi connectivity index (χ4v) is 0.488. The van der Waals surface area contributed by atoms with Gasteiger partial charge in [0.25, 0.3) is 0 Å². The van der Waals surface area contributed by atoms with Gasteiger partial charge in [-0.25, -0.2) is 4.79 Å². The number of carbonyl (C=O) groups excluding carboxylic acids is 1. The van der Waals surface area contributed by atoms with E-state index in [0.29, 0.717) is 0 Å². The van der Waals surface area contributed by atoms with Crippen molar-refractivity contribution in [1.82, 2.24) is 0 Å². The molecule has 0 aromatic rings. The molecule has 0 aliphatic rings. The van der Waals surface area contributed by atoms with Crippen molar-refractivity contribution in [3.8, 4) is 0 Å². The van der Waals surface area contributed by atoms with Crippen LogP contribution in [-0.4, -0.2) is 22.8 Å². The largest absolute Gasteiger partial charge is 0.381 e. The maximum Gasteiger partial charge on any atom is 0.370 e. The van der Waals surface area contributed by atoms with Gasteiger partial charge in [-0.15, -0.1) is 0 Å². The van der Waals surface area contributed by atoms with Crippen LogP contribution >= 0.6 is 0 Å². The van der Waals surface area contributed by atoms with Crippen molar-refractivity contribution in [3.05, 3.63) is 0 Å². The Hall–Kier alpha value is -0.610. The van der Waals surface area contributed by atoms with Gasteiger partial charge in [0.2, 0.25) is 0 Å². The molecule has 0 fully saturated rings. The second kappa shape index (κ2) is 5.19. The van der Waals surface area contributed by atoms with Crippen LogP contribution in [0.25, 0.3) is 0 Å². The summed E-state index contributed by atoms with van der Waals surface area (Å²) in [5, 5.41) is 9.31. The minimum Gasteiger partial charge on any atom is -0.381 e. The van der Waals surface area contributed by atoms with Gasteiger partial charge < -0.3 is 5.11 Å². The zero-order valence-corrected chi connectivity index (χ0v) is 8.46. The second-order valence-electron chi connectivity index (χ2n) is 3.56. The van der Waals surface area contributed by atoms with Gasteiger partial charge in [-0.1, -0.05) is 13.3 Å². The molecule has 0 aromatic carbocycles. The Kier molecular flexibility index (Phi) is 3.58. The Morgan fingerprint density at radius 1 is 1.62 bits per heavy atom. The number of hydrogen-bond donors (Lipinski definition) is 1. The molecule has 0 saturated carbocycles. The summed E-state index contributed by atoms with van der Waals surface area (Å²) in [5.41, 5.74) is -0.686. The third-order valence-corrected chi connectivity index (χ3v) is 0.995. The normalized spacial score (nSPS) is 17.3. The van der Waals surface area contributed by atoms with Crippen LogP contribution in [0.5, 0.6) is 0 Å². The molecule has 0 aliphatic heterocycles. The number of rotatable bonds is 4. The highest BCUT2D eigenvalue weighted by Crippen LogP contribution is 2.08. The molecule has 78 valence electrons. The third-order valence-electron chi connectivity index (χ3n) is 0.995. The van der Waals surface area contributed by atoms with Gasteiger partial charge in [-0.3, -0.25) is 4.89 Å². The number of aliphatic hydroxyl groups is 1. The molecule has 4 nitrogen and oxygen atoms in total. The summed E-state index contributed by atoms with van der Waals surface area (Å²) in [6.45, 7) is 6.53. The molecule has 0 rings (SSSR count). The van der Waals surface area contributed by atoms with E-state index in [1.54, 1.807) is 20.8 Å².